The zero-order chi connectivity index (χ0) is 16.6. The van der Waals surface area contributed by atoms with E-state index in [2.05, 4.69) is 27.7 Å². The van der Waals surface area contributed by atoms with E-state index in [0.29, 0.717) is 12.5 Å². The molecule has 0 saturated carbocycles. The van der Waals surface area contributed by atoms with E-state index in [9.17, 15) is 4.79 Å². The maximum atomic E-state index is 12.5. The second kappa shape index (κ2) is 9.42. The molecule has 2 saturated heterocycles. The van der Waals surface area contributed by atoms with Crippen molar-refractivity contribution in [1.29, 1.82) is 0 Å². The predicted molar refractivity (Wildman–Crippen MR) is 98.3 cm³/mol. The van der Waals surface area contributed by atoms with Gasteiger partial charge in [-0.2, -0.15) is 11.8 Å². The smallest absolute Gasteiger partial charge is 0.222 e. The van der Waals surface area contributed by atoms with E-state index in [1.807, 2.05) is 30.0 Å². The fraction of sp³-hybridized carbons (Fsp3) is 0.611. The summed E-state index contributed by atoms with van der Waals surface area (Å²) in [6.07, 6.45) is 0.555. The summed E-state index contributed by atoms with van der Waals surface area (Å²) >= 11 is 1.92. The van der Waals surface area contributed by atoms with E-state index in [1.165, 1.54) is 5.56 Å². The molecule has 2 fully saturated rings. The maximum Gasteiger partial charge on any atom is 0.222 e. The molecule has 0 radical (unpaired) electrons. The number of nitrogens with one attached hydrogen (secondary N) is 2. The monoisotopic (exact) mass is 349 g/mol. The van der Waals surface area contributed by atoms with Crippen LogP contribution < -0.4 is 10.6 Å². The summed E-state index contributed by atoms with van der Waals surface area (Å²) in [6.45, 7) is 5.25. The van der Waals surface area contributed by atoms with Crippen molar-refractivity contribution in [2.75, 3.05) is 50.9 Å². The number of thioether (sulfide) groups is 1. The Labute approximate surface area is 148 Å². The molecule has 2 N–H and O–H groups in total. The normalized spacial score (nSPS) is 23.6. The van der Waals surface area contributed by atoms with Gasteiger partial charge in [0.2, 0.25) is 5.91 Å². The van der Waals surface area contributed by atoms with Crippen molar-refractivity contribution < 1.29 is 9.53 Å². The van der Waals surface area contributed by atoms with Crippen LogP contribution in [0.4, 0.5) is 0 Å². The van der Waals surface area contributed by atoms with Crippen LogP contribution in [0.3, 0.4) is 0 Å². The molecule has 0 bridgehead atoms. The quantitative estimate of drug-likeness (QED) is 0.810. The summed E-state index contributed by atoms with van der Waals surface area (Å²) in [5.41, 5.74) is 1.17. The standard InChI is InChI=1S/C18H27N3O2S/c22-18(12-16-14-24-11-6-19-16)20-17(15-4-2-1-3-5-15)13-21-7-9-23-10-8-21/h1-5,16-17,19H,6-14H2,(H,20,22). The first-order chi connectivity index (χ1) is 11.8. The minimum Gasteiger partial charge on any atom is -0.379 e. The number of hydrogen-bond acceptors (Lipinski definition) is 5. The molecular weight excluding hydrogens is 322 g/mol. The SMILES string of the molecule is O=C(CC1CSCCN1)NC(CN1CCOCC1)c1ccccc1. The van der Waals surface area contributed by atoms with Crippen LogP contribution in [0.15, 0.2) is 30.3 Å². The first-order valence-corrected chi connectivity index (χ1v) is 9.92. The van der Waals surface area contributed by atoms with E-state index >= 15 is 0 Å². The number of amides is 1. The van der Waals surface area contributed by atoms with E-state index in [-0.39, 0.29) is 11.9 Å². The fourth-order valence-electron chi connectivity index (χ4n) is 3.19. The molecule has 2 aliphatic heterocycles. The van der Waals surface area contributed by atoms with Gasteiger partial charge >= 0.3 is 0 Å². The van der Waals surface area contributed by atoms with Gasteiger partial charge in [-0.3, -0.25) is 9.69 Å². The molecular formula is C18H27N3O2S. The van der Waals surface area contributed by atoms with Gasteiger partial charge < -0.3 is 15.4 Å². The molecule has 5 nitrogen and oxygen atoms in total. The van der Waals surface area contributed by atoms with E-state index in [0.717, 1.165) is 50.9 Å². The number of carbonyl (C=O) groups is 1. The highest BCUT2D eigenvalue weighted by Crippen LogP contribution is 2.16. The summed E-state index contributed by atoms with van der Waals surface area (Å²) in [6, 6.07) is 10.6. The third kappa shape index (κ3) is 5.48. The lowest BCUT2D eigenvalue weighted by molar-refractivity contribution is -0.122. The summed E-state index contributed by atoms with van der Waals surface area (Å²) in [7, 11) is 0. The van der Waals surface area contributed by atoms with Gasteiger partial charge in [-0.05, 0) is 5.56 Å². The molecule has 0 aliphatic carbocycles. The first kappa shape index (κ1) is 17.7. The molecule has 132 valence electrons. The van der Waals surface area contributed by atoms with Crippen LogP contribution in [0.1, 0.15) is 18.0 Å². The summed E-state index contributed by atoms with van der Waals surface area (Å²) < 4.78 is 5.43. The predicted octanol–water partition coefficient (Wildman–Crippen LogP) is 1.27. The van der Waals surface area contributed by atoms with Crippen molar-refractivity contribution in [2.24, 2.45) is 0 Å². The van der Waals surface area contributed by atoms with Crippen molar-refractivity contribution in [1.82, 2.24) is 15.5 Å². The minimum absolute atomic E-state index is 0.0352. The van der Waals surface area contributed by atoms with Gasteiger partial charge in [0, 0.05) is 50.1 Å². The highest BCUT2D eigenvalue weighted by Gasteiger charge is 2.22. The molecule has 2 aliphatic rings. The molecule has 2 atom stereocenters. The van der Waals surface area contributed by atoms with Crippen LogP contribution in [0.2, 0.25) is 0 Å². The van der Waals surface area contributed by atoms with Gasteiger partial charge in [0.25, 0.3) is 0 Å². The van der Waals surface area contributed by atoms with Crippen molar-refractivity contribution in [3.8, 4) is 0 Å². The molecule has 0 aromatic heterocycles. The van der Waals surface area contributed by atoms with Crippen molar-refractivity contribution >= 4 is 17.7 Å². The van der Waals surface area contributed by atoms with Gasteiger partial charge in [0.1, 0.15) is 0 Å². The molecule has 1 aromatic carbocycles. The molecule has 6 heteroatoms. The van der Waals surface area contributed by atoms with Crippen LogP contribution in [-0.4, -0.2) is 67.7 Å². The number of morpholine rings is 1. The average molecular weight is 350 g/mol. The molecule has 3 rings (SSSR count). The third-order valence-corrected chi connectivity index (χ3v) is 5.64. The highest BCUT2D eigenvalue weighted by atomic mass is 32.2. The molecule has 2 heterocycles. The first-order valence-electron chi connectivity index (χ1n) is 8.77. The summed E-state index contributed by atoms with van der Waals surface area (Å²) in [5.74, 6) is 2.30. The van der Waals surface area contributed by atoms with Gasteiger partial charge in [0.15, 0.2) is 0 Å². The van der Waals surface area contributed by atoms with Crippen LogP contribution in [0, 0.1) is 0 Å². The minimum atomic E-state index is 0.0352. The Morgan fingerprint density at radius 2 is 2.12 bits per heavy atom. The lowest BCUT2D eigenvalue weighted by Gasteiger charge is -2.31. The highest BCUT2D eigenvalue weighted by molar-refractivity contribution is 7.99. The zero-order valence-electron chi connectivity index (χ0n) is 14.1. The summed E-state index contributed by atoms with van der Waals surface area (Å²) in [5, 5.41) is 6.69. The van der Waals surface area contributed by atoms with Crippen LogP contribution in [0.5, 0.6) is 0 Å². The Hall–Kier alpha value is -1.08. The average Bonchev–Trinajstić information content (AvgIpc) is 2.63. The van der Waals surface area contributed by atoms with Gasteiger partial charge in [-0.25, -0.2) is 0 Å². The molecule has 2 unspecified atom stereocenters. The zero-order valence-corrected chi connectivity index (χ0v) is 14.9. The molecule has 1 aromatic rings. The molecule has 24 heavy (non-hydrogen) atoms. The van der Waals surface area contributed by atoms with Crippen molar-refractivity contribution in [3.63, 3.8) is 0 Å². The van der Waals surface area contributed by atoms with E-state index < -0.39 is 0 Å². The largest absolute Gasteiger partial charge is 0.379 e. The Morgan fingerprint density at radius 1 is 1.33 bits per heavy atom. The topological polar surface area (TPSA) is 53.6 Å². The number of rotatable bonds is 6. The van der Waals surface area contributed by atoms with E-state index in [4.69, 9.17) is 4.74 Å². The fourth-order valence-corrected chi connectivity index (χ4v) is 4.14. The number of nitrogens with zero attached hydrogens (tertiary/aromatic N) is 1. The van der Waals surface area contributed by atoms with E-state index in [1.54, 1.807) is 0 Å². The van der Waals surface area contributed by atoms with Crippen molar-refractivity contribution in [2.45, 2.75) is 18.5 Å². The second-order valence-electron chi connectivity index (χ2n) is 6.37. The Kier molecular flexibility index (Phi) is 6.96. The number of carbonyl (C=O) groups excluding carboxylic acids is 1. The lowest BCUT2D eigenvalue weighted by atomic mass is 10.1. The Bertz CT molecular complexity index is 502. The molecule has 0 spiro atoms. The lowest BCUT2D eigenvalue weighted by Crippen LogP contribution is -2.45. The third-order valence-electron chi connectivity index (χ3n) is 4.51. The summed E-state index contributed by atoms with van der Waals surface area (Å²) in [4.78, 5) is 14.9. The molecule has 1 amide bonds. The van der Waals surface area contributed by atoms with Gasteiger partial charge in [-0.15, -0.1) is 0 Å². The van der Waals surface area contributed by atoms with Crippen LogP contribution >= 0.6 is 11.8 Å². The maximum absolute atomic E-state index is 12.5. The van der Waals surface area contributed by atoms with Gasteiger partial charge in [0.05, 0.1) is 19.3 Å². The second-order valence-corrected chi connectivity index (χ2v) is 7.52. The Morgan fingerprint density at radius 3 is 2.83 bits per heavy atom. The number of benzene rings is 1. The van der Waals surface area contributed by atoms with Gasteiger partial charge in [-0.1, -0.05) is 30.3 Å². The number of ether oxygens (including phenoxy) is 1. The number of hydrogen-bond donors (Lipinski definition) is 2. The van der Waals surface area contributed by atoms with Crippen LogP contribution in [-0.2, 0) is 9.53 Å². The van der Waals surface area contributed by atoms with Crippen LogP contribution in [0.25, 0.3) is 0 Å². The van der Waals surface area contributed by atoms with Crippen molar-refractivity contribution in [3.05, 3.63) is 35.9 Å². The Balaban J connectivity index is 1.59.